The summed E-state index contributed by atoms with van der Waals surface area (Å²) in [6.07, 6.45) is 6.04. The van der Waals surface area contributed by atoms with Crippen molar-refractivity contribution in [3.63, 3.8) is 0 Å². The van der Waals surface area contributed by atoms with Crippen molar-refractivity contribution in [2.45, 2.75) is 19.9 Å². The van der Waals surface area contributed by atoms with Gasteiger partial charge in [0.15, 0.2) is 0 Å². The van der Waals surface area contributed by atoms with Gasteiger partial charge in [0, 0.05) is 37.0 Å². The average Bonchev–Trinajstić information content (AvgIpc) is 3.24. The first-order chi connectivity index (χ1) is 14.5. The largest absolute Gasteiger partial charge is 0.381 e. The number of pyridine rings is 2. The molecule has 1 amide bonds. The lowest BCUT2D eigenvalue weighted by molar-refractivity contribution is 0.102. The molecule has 0 spiro atoms. The van der Waals surface area contributed by atoms with Crippen LogP contribution >= 0.6 is 22.6 Å². The third-order valence-electron chi connectivity index (χ3n) is 5.16. The van der Waals surface area contributed by atoms with Crippen LogP contribution in [-0.4, -0.2) is 28.7 Å². The second-order valence-corrected chi connectivity index (χ2v) is 8.64. The number of carbonyl (C=O) groups is 1. The Morgan fingerprint density at radius 3 is 2.70 bits per heavy atom. The predicted octanol–water partition coefficient (Wildman–Crippen LogP) is 4.11. The molecule has 1 unspecified atom stereocenters. The van der Waals surface area contributed by atoms with Crippen molar-refractivity contribution in [1.29, 1.82) is 0 Å². The number of nitrogens with one attached hydrogen (secondary N) is 1. The van der Waals surface area contributed by atoms with Gasteiger partial charge in [0.2, 0.25) is 5.43 Å². The van der Waals surface area contributed by atoms with E-state index in [-0.39, 0.29) is 11.0 Å². The van der Waals surface area contributed by atoms with Crippen LogP contribution in [0.5, 0.6) is 0 Å². The van der Waals surface area contributed by atoms with Crippen molar-refractivity contribution in [2.24, 2.45) is 5.92 Å². The lowest BCUT2D eigenvalue weighted by Gasteiger charge is -2.15. The van der Waals surface area contributed by atoms with Gasteiger partial charge in [-0.15, -0.1) is 0 Å². The van der Waals surface area contributed by atoms with Crippen LogP contribution in [-0.2, 0) is 11.3 Å². The zero-order valence-corrected chi connectivity index (χ0v) is 18.8. The number of anilines is 1. The summed E-state index contributed by atoms with van der Waals surface area (Å²) in [6, 6.07) is 11.3. The minimum atomic E-state index is -0.437. The highest BCUT2D eigenvalue weighted by molar-refractivity contribution is 14.1. The van der Waals surface area contributed by atoms with Gasteiger partial charge in [-0.05, 0) is 53.6 Å². The summed E-state index contributed by atoms with van der Waals surface area (Å²) in [5.74, 6) is -0.0666. The highest BCUT2D eigenvalue weighted by Gasteiger charge is 2.20. The van der Waals surface area contributed by atoms with E-state index in [1.807, 2.05) is 42.0 Å². The van der Waals surface area contributed by atoms with Gasteiger partial charge in [-0.1, -0.05) is 29.8 Å². The van der Waals surface area contributed by atoms with E-state index in [2.05, 4.69) is 32.9 Å². The Labute approximate surface area is 188 Å². The first-order valence-corrected chi connectivity index (χ1v) is 10.9. The van der Waals surface area contributed by atoms with E-state index in [9.17, 15) is 9.59 Å². The molecular weight excluding hydrogens is 493 g/mol. The van der Waals surface area contributed by atoms with Gasteiger partial charge in [0.1, 0.15) is 9.26 Å². The molecule has 30 heavy (non-hydrogen) atoms. The quantitative estimate of drug-likeness (QED) is 0.410. The minimum Gasteiger partial charge on any atom is -0.381 e. The fourth-order valence-electron chi connectivity index (χ4n) is 3.51. The molecule has 4 rings (SSSR count). The van der Waals surface area contributed by atoms with E-state index >= 15 is 0 Å². The number of aromatic nitrogens is 2. The monoisotopic (exact) mass is 515 g/mol. The Kier molecular flexibility index (Phi) is 6.29. The van der Waals surface area contributed by atoms with Gasteiger partial charge in [0.25, 0.3) is 5.91 Å². The number of hydrogen-bond acceptors (Lipinski definition) is 4. The molecule has 154 valence electrons. The normalized spacial score (nSPS) is 15.9. The standard InChI is InChI=1S/C23H22IN3O3/c1-15-2-4-17(5-3-15)19-12-27(11-16-8-9-30-14-16)13-20(22(19)28)23(29)26-18-6-7-21(24)25-10-18/h2-7,10,12-13,16H,8-9,11,14H2,1H3,(H,26,29). The number of aryl methyl sites for hydroxylation is 1. The lowest BCUT2D eigenvalue weighted by Crippen LogP contribution is -2.25. The maximum Gasteiger partial charge on any atom is 0.261 e. The van der Waals surface area contributed by atoms with E-state index in [1.165, 1.54) is 0 Å². The Hall–Kier alpha value is -2.52. The summed E-state index contributed by atoms with van der Waals surface area (Å²) in [5, 5.41) is 2.79. The first kappa shape index (κ1) is 20.7. The van der Waals surface area contributed by atoms with E-state index in [0.717, 1.165) is 27.9 Å². The van der Waals surface area contributed by atoms with Crippen LogP contribution in [0, 0.1) is 16.5 Å². The predicted molar refractivity (Wildman–Crippen MR) is 125 cm³/mol. The van der Waals surface area contributed by atoms with Crippen molar-refractivity contribution in [3.8, 4) is 11.1 Å². The molecule has 1 saturated heterocycles. The maximum atomic E-state index is 13.2. The van der Waals surface area contributed by atoms with Gasteiger partial charge in [-0.25, -0.2) is 4.98 Å². The molecule has 1 atom stereocenters. The summed E-state index contributed by atoms with van der Waals surface area (Å²) in [5.41, 5.74) is 2.81. The van der Waals surface area contributed by atoms with E-state index in [0.29, 0.717) is 30.3 Å². The van der Waals surface area contributed by atoms with Crippen molar-refractivity contribution in [2.75, 3.05) is 18.5 Å². The van der Waals surface area contributed by atoms with E-state index in [4.69, 9.17) is 4.74 Å². The molecule has 6 nitrogen and oxygen atoms in total. The molecule has 3 aromatic rings. The van der Waals surface area contributed by atoms with Crippen molar-refractivity contribution in [1.82, 2.24) is 9.55 Å². The fraction of sp³-hybridized carbons (Fsp3) is 0.261. The third kappa shape index (κ3) is 4.79. The number of hydrogen-bond donors (Lipinski definition) is 1. The minimum absolute atomic E-state index is 0.116. The van der Waals surface area contributed by atoms with Gasteiger partial charge in [-0.2, -0.15) is 0 Å². The molecule has 1 fully saturated rings. The molecular formula is C23H22IN3O3. The number of amides is 1. The zero-order valence-electron chi connectivity index (χ0n) is 16.6. The molecule has 1 aromatic carbocycles. The second kappa shape index (κ2) is 9.09. The number of nitrogens with zero attached hydrogens (tertiary/aromatic N) is 2. The van der Waals surface area contributed by atoms with Crippen LogP contribution in [0.3, 0.4) is 0 Å². The van der Waals surface area contributed by atoms with E-state index < -0.39 is 5.91 Å². The zero-order chi connectivity index (χ0) is 21.1. The Morgan fingerprint density at radius 1 is 1.23 bits per heavy atom. The lowest BCUT2D eigenvalue weighted by atomic mass is 10.0. The number of halogens is 1. The highest BCUT2D eigenvalue weighted by Crippen LogP contribution is 2.20. The third-order valence-corrected chi connectivity index (χ3v) is 5.80. The SMILES string of the molecule is Cc1ccc(-c2cn(CC3CCOC3)cc(C(=O)Nc3ccc(I)nc3)c2=O)cc1. The smallest absolute Gasteiger partial charge is 0.261 e. The number of rotatable bonds is 5. The summed E-state index contributed by atoms with van der Waals surface area (Å²) < 4.78 is 8.25. The number of carbonyl (C=O) groups excluding carboxylic acids is 1. The summed E-state index contributed by atoms with van der Waals surface area (Å²) >= 11 is 2.10. The van der Waals surface area contributed by atoms with Crippen molar-refractivity contribution in [3.05, 3.63) is 80.0 Å². The van der Waals surface area contributed by atoms with Crippen LogP contribution in [0.15, 0.2) is 59.8 Å². The second-order valence-electron chi connectivity index (χ2n) is 7.53. The molecule has 1 N–H and O–H groups in total. The van der Waals surface area contributed by atoms with Crippen LogP contribution in [0.1, 0.15) is 22.3 Å². The molecule has 2 aromatic heterocycles. The van der Waals surface area contributed by atoms with Crippen LogP contribution in [0.2, 0.25) is 0 Å². The van der Waals surface area contributed by atoms with Gasteiger partial charge in [0.05, 0.1) is 18.5 Å². The highest BCUT2D eigenvalue weighted by atomic mass is 127. The molecule has 0 radical (unpaired) electrons. The summed E-state index contributed by atoms with van der Waals surface area (Å²) in [7, 11) is 0. The fourth-order valence-corrected chi connectivity index (χ4v) is 3.83. The van der Waals surface area contributed by atoms with Gasteiger partial charge < -0.3 is 14.6 Å². The number of ether oxygens (including phenoxy) is 1. The molecule has 7 heteroatoms. The molecule has 1 aliphatic rings. The molecule has 1 aliphatic heterocycles. The Morgan fingerprint density at radius 2 is 2.03 bits per heavy atom. The summed E-state index contributed by atoms with van der Waals surface area (Å²) in [6.45, 7) is 4.15. The molecule has 0 saturated carbocycles. The van der Waals surface area contributed by atoms with Crippen molar-refractivity contribution < 1.29 is 9.53 Å². The van der Waals surface area contributed by atoms with Crippen LogP contribution in [0.4, 0.5) is 5.69 Å². The maximum absolute atomic E-state index is 13.2. The number of benzene rings is 1. The average molecular weight is 515 g/mol. The van der Waals surface area contributed by atoms with Gasteiger partial charge >= 0.3 is 0 Å². The van der Waals surface area contributed by atoms with Crippen LogP contribution < -0.4 is 10.7 Å². The van der Waals surface area contributed by atoms with E-state index in [1.54, 1.807) is 24.5 Å². The molecule has 0 bridgehead atoms. The van der Waals surface area contributed by atoms with Gasteiger partial charge in [-0.3, -0.25) is 9.59 Å². The Bertz CT molecular complexity index is 1100. The summed E-state index contributed by atoms with van der Waals surface area (Å²) in [4.78, 5) is 30.4. The van der Waals surface area contributed by atoms with Crippen molar-refractivity contribution >= 4 is 34.2 Å². The Balaban J connectivity index is 1.72. The molecule has 0 aliphatic carbocycles. The molecule has 3 heterocycles. The topological polar surface area (TPSA) is 73.2 Å². The first-order valence-electron chi connectivity index (χ1n) is 9.81. The van der Waals surface area contributed by atoms with Crippen LogP contribution in [0.25, 0.3) is 11.1 Å².